The van der Waals surface area contributed by atoms with E-state index in [4.69, 9.17) is 11.6 Å². The van der Waals surface area contributed by atoms with Gasteiger partial charge in [0.15, 0.2) is 0 Å². The number of aromatic nitrogens is 3. The lowest BCUT2D eigenvalue weighted by molar-refractivity contribution is -0.121. The van der Waals surface area contributed by atoms with Crippen molar-refractivity contribution in [1.82, 2.24) is 24.4 Å². The zero-order chi connectivity index (χ0) is 20.9. The maximum atomic E-state index is 12.5. The third-order valence-corrected chi connectivity index (χ3v) is 6.25. The first-order chi connectivity index (χ1) is 13.8. The molecule has 1 amide bonds. The summed E-state index contributed by atoms with van der Waals surface area (Å²) in [5.74, 6) is -0.397. The molecule has 0 radical (unpaired) electrons. The van der Waals surface area contributed by atoms with E-state index in [2.05, 4.69) is 15.4 Å². The van der Waals surface area contributed by atoms with Crippen LogP contribution in [-0.2, 0) is 27.9 Å². The second-order valence-corrected chi connectivity index (χ2v) is 8.89. The minimum atomic E-state index is -3.77. The van der Waals surface area contributed by atoms with Gasteiger partial charge in [0.2, 0.25) is 15.9 Å². The molecule has 3 aromatic rings. The van der Waals surface area contributed by atoms with E-state index in [0.717, 1.165) is 15.4 Å². The number of hydrogen-bond donors (Lipinski definition) is 1. The fourth-order valence-corrected chi connectivity index (χ4v) is 3.92. The van der Waals surface area contributed by atoms with Crippen molar-refractivity contribution in [2.24, 2.45) is 0 Å². The average Bonchev–Trinajstić information content (AvgIpc) is 3.20. The summed E-state index contributed by atoms with van der Waals surface area (Å²) >= 11 is 5.80. The molecule has 1 N–H and O–H groups in total. The molecule has 0 aliphatic carbocycles. The highest BCUT2D eigenvalue weighted by molar-refractivity contribution is 7.89. The molecule has 0 bridgehead atoms. The number of rotatable bonds is 8. The van der Waals surface area contributed by atoms with Crippen LogP contribution in [0.3, 0.4) is 0 Å². The molecule has 0 aliphatic rings. The SMILES string of the molecule is CN(CC(=O)NCc1cccc(Cn2cncn2)c1)S(=O)(=O)c1ccc(Cl)cc1. The number of halogens is 1. The summed E-state index contributed by atoms with van der Waals surface area (Å²) in [7, 11) is -2.41. The van der Waals surface area contributed by atoms with Crippen LogP contribution in [0.4, 0.5) is 0 Å². The van der Waals surface area contributed by atoms with Crippen molar-refractivity contribution in [2.75, 3.05) is 13.6 Å². The normalized spacial score (nSPS) is 11.6. The molecule has 0 fully saturated rings. The number of sulfonamides is 1. The van der Waals surface area contributed by atoms with Gasteiger partial charge in [-0.15, -0.1) is 0 Å². The average molecular weight is 434 g/mol. The van der Waals surface area contributed by atoms with E-state index in [9.17, 15) is 13.2 Å². The van der Waals surface area contributed by atoms with Gasteiger partial charge in [-0.05, 0) is 35.4 Å². The molecular weight excluding hydrogens is 414 g/mol. The Labute approximate surface area is 174 Å². The summed E-state index contributed by atoms with van der Waals surface area (Å²) in [5.41, 5.74) is 1.92. The van der Waals surface area contributed by atoms with Crippen LogP contribution in [0, 0.1) is 0 Å². The van der Waals surface area contributed by atoms with Crippen LogP contribution in [0.2, 0.25) is 5.02 Å². The van der Waals surface area contributed by atoms with Gasteiger partial charge in [-0.2, -0.15) is 9.40 Å². The third-order valence-electron chi connectivity index (χ3n) is 4.18. The van der Waals surface area contributed by atoms with E-state index in [1.807, 2.05) is 24.3 Å². The number of benzene rings is 2. The molecule has 2 aromatic carbocycles. The van der Waals surface area contributed by atoms with E-state index < -0.39 is 15.9 Å². The van der Waals surface area contributed by atoms with E-state index in [-0.39, 0.29) is 11.4 Å². The topological polar surface area (TPSA) is 97.2 Å². The Balaban J connectivity index is 1.56. The van der Waals surface area contributed by atoms with Crippen molar-refractivity contribution in [3.05, 3.63) is 77.3 Å². The summed E-state index contributed by atoms with van der Waals surface area (Å²) in [6.45, 7) is 0.576. The van der Waals surface area contributed by atoms with Gasteiger partial charge in [0.05, 0.1) is 18.0 Å². The van der Waals surface area contributed by atoms with Crippen molar-refractivity contribution in [2.45, 2.75) is 18.0 Å². The van der Waals surface area contributed by atoms with E-state index in [0.29, 0.717) is 18.1 Å². The fraction of sp³-hybridized carbons (Fsp3) is 0.211. The van der Waals surface area contributed by atoms with Gasteiger partial charge >= 0.3 is 0 Å². The van der Waals surface area contributed by atoms with Gasteiger partial charge in [-0.25, -0.2) is 18.1 Å². The quantitative estimate of drug-likeness (QED) is 0.585. The molecule has 1 heterocycles. The highest BCUT2D eigenvalue weighted by atomic mass is 35.5. The molecular formula is C19H20ClN5O3S. The molecule has 0 saturated heterocycles. The molecule has 3 rings (SSSR count). The third kappa shape index (κ3) is 5.63. The molecule has 0 aliphatic heterocycles. The van der Waals surface area contributed by atoms with E-state index in [1.165, 1.54) is 37.6 Å². The first-order valence-electron chi connectivity index (χ1n) is 8.73. The number of nitrogens with one attached hydrogen (secondary N) is 1. The van der Waals surface area contributed by atoms with Crippen molar-refractivity contribution >= 4 is 27.5 Å². The van der Waals surface area contributed by atoms with Crippen LogP contribution in [0.25, 0.3) is 0 Å². The fourth-order valence-electron chi connectivity index (χ4n) is 2.67. The van der Waals surface area contributed by atoms with Crippen molar-refractivity contribution in [1.29, 1.82) is 0 Å². The van der Waals surface area contributed by atoms with Crippen molar-refractivity contribution in [3.8, 4) is 0 Å². The second kappa shape index (κ2) is 9.17. The lowest BCUT2D eigenvalue weighted by Crippen LogP contribution is -2.38. The van der Waals surface area contributed by atoms with Gasteiger partial charge in [0, 0.05) is 18.6 Å². The molecule has 0 saturated carbocycles. The number of nitrogens with zero attached hydrogens (tertiary/aromatic N) is 4. The predicted molar refractivity (Wildman–Crippen MR) is 109 cm³/mol. The maximum Gasteiger partial charge on any atom is 0.243 e. The Morgan fingerprint density at radius 2 is 1.90 bits per heavy atom. The molecule has 0 spiro atoms. The Bertz CT molecular complexity index is 1070. The van der Waals surface area contributed by atoms with Gasteiger partial charge in [-0.3, -0.25) is 4.79 Å². The van der Waals surface area contributed by atoms with E-state index >= 15 is 0 Å². The largest absolute Gasteiger partial charge is 0.351 e. The first kappa shape index (κ1) is 21.0. The highest BCUT2D eigenvalue weighted by Gasteiger charge is 2.22. The standard InChI is InChI=1S/C19H20ClN5O3S/c1-24(29(27,28)18-7-5-17(20)6-8-18)12-19(26)22-10-15-3-2-4-16(9-15)11-25-14-21-13-23-25/h2-9,13-14H,10-12H2,1H3,(H,22,26). The second-order valence-electron chi connectivity index (χ2n) is 6.40. The van der Waals surface area contributed by atoms with Crippen LogP contribution in [-0.4, -0.2) is 47.0 Å². The molecule has 8 nitrogen and oxygen atoms in total. The van der Waals surface area contributed by atoms with Crippen LogP contribution in [0.5, 0.6) is 0 Å². The zero-order valence-corrected chi connectivity index (χ0v) is 17.3. The van der Waals surface area contributed by atoms with Crippen LogP contribution >= 0.6 is 11.6 Å². The summed E-state index contributed by atoms with van der Waals surface area (Å²) < 4.78 is 27.8. The molecule has 1 aromatic heterocycles. The number of likely N-dealkylation sites (N-methyl/N-ethyl adjacent to an activating group) is 1. The summed E-state index contributed by atoms with van der Waals surface area (Å²) in [6.07, 6.45) is 3.10. The number of hydrogen-bond acceptors (Lipinski definition) is 5. The van der Waals surface area contributed by atoms with Crippen LogP contribution < -0.4 is 5.32 Å². The number of amides is 1. The minimum Gasteiger partial charge on any atom is -0.351 e. The summed E-state index contributed by atoms with van der Waals surface area (Å²) in [4.78, 5) is 16.2. The summed E-state index contributed by atoms with van der Waals surface area (Å²) in [5, 5.41) is 7.25. The van der Waals surface area contributed by atoms with Gasteiger partial charge in [0.25, 0.3) is 0 Å². The van der Waals surface area contributed by atoms with Crippen LogP contribution in [0.1, 0.15) is 11.1 Å². The minimum absolute atomic E-state index is 0.0815. The van der Waals surface area contributed by atoms with Crippen molar-refractivity contribution < 1.29 is 13.2 Å². The lowest BCUT2D eigenvalue weighted by atomic mass is 10.1. The Morgan fingerprint density at radius 3 is 2.59 bits per heavy atom. The molecule has 0 unspecified atom stereocenters. The number of carbonyl (C=O) groups is 1. The molecule has 0 atom stereocenters. The monoisotopic (exact) mass is 433 g/mol. The van der Waals surface area contributed by atoms with Gasteiger partial charge in [0.1, 0.15) is 12.7 Å². The van der Waals surface area contributed by atoms with Crippen LogP contribution in [0.15, 0.2) is 66.1 Å². The lowest BCUT2D eigenvalue weighted by Gasteiger charge is -2.17. The molecule has 152 valence electrons. The van der Waals surface area contributed by atoms with Gasteiger partial charge in [-0.1, -0.05) is 35.9 Å². The van der Waals surface area contributed by atoms with E-state index in [1.54, 1.807) is 11.0 Å². The highest BCUT2D eigenvalue weighted by Crippen LogP contribution is 2.17. The molecule has 10 heteroatoms. The maximum absolute atomic E-state index is 12.5. The summed E-state index contributed by atoms with van der Waals surface area (Å²) in [6, 6.07) is 13.5. The molecule has 29 heavy (non-hydrogen) atoms. The first-order valence-corrected chi connectivity index (χ1v) is 10.6. The van der Waals surface area contributed by atoms with Crippen molar-refractivity contribution in [3.63, 3.8) is 0 Å². The number of carbonyl (C=O) groups excluding carboxylic acids is 1. The zero-order valence-electron chi connectivity index (χ0n) is 15.7. The smallest absolute Gasteiger partial charge is 0.243 e. The Morgan fingerprint density at radius 1 is 1.17 bits per heavy atom. The predicted octanol–water partition coefficient (Wildman–Crippen LogP) is 1.92. The Kier molecular flexibility index (Phi) is 6.63. The van der Waals surface area contributed by atoms with Gasteiger partial charge < -0.3 is 5.32 Å². The Hall–Kier alpha value is -2.75.